The smallest absolute Gasteiger partial charge is 0.171 e. The molecule has 0 saturated heterocycles. The molecular formula is C8H10F3. The van der Waals surface area contributed by atoms with Gasteiger partial charge in [0.25, 0.3) is 0 Å². The van der Waals surface area contributed by atoms with Gasteiger partial charge in [0.2, 0.25) is 0 Å². The summed E-state index contributed by atoms with van der Waals surface area (Å²) in [6.45, 7) is 0. The molecule has 0 amide bonds. The molecule has 2 fully saturated rings. The van der Waals surface area contributed by atoms with Crippen molar-refractivity contribution in [3.8, 4) is 0 Å². The number of hydrogen-bond acceptors (Lipinski definition) is 0. The largest absolute Gasteiger partial charge is 0.392 e. The highest BCUT2D eigenvalue weighted by molar-refractivity contribution is 5.09. The van der Waals surface area contributed by atoms with Gasteiger partial charge in [0.1, 0.15) is 0 Å². The number of halogens is 3. The summed E-state index contributed by atoms with van der Waals surface area (Å²) in [6.07, 6.45) is -1.12. The van der Waals surface area contributed by atoms with E-state index < -0.39 is 12.1 Å². The molecule has 3 heteroatoms. The maximum Gasteiger partial charge on any atom is 0.392 e. The van der Waals surface area contributed by atoms with Crippen LogP contribution in [0.3, 0.4) is 0 Å². The van der Waals surface area contributed by atoms with Crippen molar-refractivity contribution >= 4 is 0 Å². The van der Waals surface area contributed by atoms with Crippen LogP contribution in [-0.4, -0.2) is 6.18 Å². The van der Waals surface area contributed by atoms with Gasteiger partial charge in [0, 0.05) is 0 Å². The van der Waals surface area contributed by atoms with Gasteiger partial charge in [-0.15, -0.1) is 0 Å². The van der Waals surface area contributed by atoms with E-state index in [4.69, 9.17) is 0 Å². The van der Waals surface area contributed by atoms with Crippen LogP contribution in [-0.2, 0) is 0 Å². The molecule has 2 atom stereocenters. The molecule has 0 aliphatic heterocycles. The Morgan fingerprint density at radius 2 is 1.91 bits per heavy atom. The second-order valence-electron chi connectivity index (χ2n) is 3.61. The Morgan fingerprint density at radius 3 is 2.18 bits per heavy atom. The van der Waals surface area contributed by atoms with Crippen LogP contribution < -0.4 is 0 Å². The van der Waals surface area contributed by atoms with Gasteiger partial charge in [-0.2, -0.15) is 13.2 Å². The van der Waals surface area contributed by atoms with Gasteiger partial charge < -0.3 is 0 Å². The van der Waals surface area contributed by atoms with E-state index in [0.717, 1.165) is 25.2 Å². The molecule has 0 aromatic carbocycles. The van der Waals surface area contributed by atoms with Gasteiger partial charge in [-0.3, -0.25) is 0 Å². The van der Waals surface area contributed by atoms with Crippen LogP contribution in [0.25, 0.3) is 0 Å². The lowest BCUT2D eigenvalue weighted by Gasteiger charge is -2.23. The molecule has 2 saturated carbocycles. The molecule has 0 nitrogen and oxygen atoms in total. The SMILES string of the molecule is FC(F)(F)C1C[C]2CCC1C2. The summed E-state index contributed by atoms with van der Waals surface area (Å²) in [7, 11) is 0. The molecule has 11 heavy (non-hydrogen) atoms. The van der Waals surface area contributed by atoms with Gasteiger partial charge in [-0.1, -0.05) is 0 Å². The summed E-state index contributed by atoms with van der Waals surface area (Å²) in [5.41, 5.74) is 0. The molecule has 2 unspecified atom stereocenters. The first-order chi connectivity index (χ1) is 5.07. The number of rotatable bonds is 0. The molecule has 1 radical (unpaired) electrons. The van der Waals surface area contributed by atoms with Gasteiger partial charge in [-0.25, -0.2) is 0 Å². The highest BCUT2D eigenvalue weighted by Gasteiger charge is 2.52. The lowest BCUT2D eigenvalue weighted by atomic mass is 9.88. The average Bonchev–Trinajstić information content (AvgIpc) is 2.42. The third-order valence-corrected chi connectivity index (χ3v) is 2.92. The topological polar surface area (TPSA) is 0 Å². The third-order valence-electron chi connectivity index (χ3n) is 2.92. The van der Waals surface area contributed by atoms with Crippen LogP contribution in [0, 0.1) is 17.8 Å². The first-order valence-corrected chi connectivity index (χ1v) is 3.97. The molecular weight excluding hydrogens is 153 g/mol. The number of hydrogen-bond donors (Lipinski definition) is 0. The number of fused-ring (bicyclic) bond motifs is 2. The lowest BCUT2D eigenvalue weighted by molar-refractivity contribution is -0.185. The molecule has 0 N–H and O–H groups in total. The summed E-state index contributed by atoms with van der Waals surface area (Å²) in [4.78, 5) is 0. The van der Waals surface area contributed by atoms with Crippen molar-refractivity contribution in [2.45, 2.75) is 31.9 Å². The zero-order valence-corrected chi connectivity index (χ0v) is 6.12. The first kappa shape index (κ1) is 7.44. The Bertz CT molecular complexity index is 161. The Labute approximate surface area is 63.8 Å². The molecule has 0 aromatic rings. The lowest BCUT2D eigenvalue weighted by Crippen LogP contribution is -2.27. The Balaban J connectivity index is 2.08. The fourth-order valence-electron chi connectivity index (χ4n) is 2.35. The summed E-state index contributed by atoms with van der Waals surface area (Å²) in [5.74, 6) is 0.0913. The van der Waals surface area contributed by atoms with E-state index in [9.17, 15) is 13.2 Å². The Kier molecular flexibility index (Phi) is 1.45. The second kappa shape index (κ2) is 2.14. The molecule has 0 heterocycles. The molecule has 0 spiro atoms. The van der Waals surface area contributed by atoms with Crippen molar-refractivity contribution in [1.82, 2.24) is 0 Å². The predicted molar refractivity (Wildman–Crippen MR) is 34.7 cm³/mol. The standard InChI is InChI=1S/C8H10F3/c9-8(10,11)7-4-5-1-2-6(7)3-5/h6-7H,1-4H2. The zero-order valence-electron chi connectivity index (χ0n) is 6.12. The van der Waals surface area contributed by atoms with E-state index in [0.29, 0.717) is 6.42 Å². The highest BCUT2D eigenvalue weighted by Crippen LogP contribution is 2.54. The summed E-state index contributed by atoms with van der Waals surface area (Å²) < 4.78 is 36.6. The molecule has 2 bridgehead atoms. The molecule has 2 aliphatic carbocycles. The quantitative estimate of drug-likeness (QED) is 0.515. The van der Waals surface area contributed by atoms with Crippen molar-refractivity contribution in [2.75, 3.05) is 0 Å². The third kappa shape index (κ3) is 1.14. The van der Waals surface area contributed by atoms with E-state index in [-0.39, 0.29) is 5.92 Å². The summed E-state index contributed by atoms with van der Waals surface area (Å²) >= 11 is 0. The predicted octanol–water partition coefficient (Wildman–Crippen LogP) is 2.94. The van der Waals surface area contributed by atoms with Crippen LogP contribution in [0.5, 0.6) is 0 Å². The minimum absolute atomic E-state index is 0.0648. The maximum absolute atomic E-state index is 12.2. The van der Waals surface area contributed by atoms with Crippen molar-refractivity contribution in [2.24, 2.45) is 11.8 Å². The van der Waals surface area contributed by atoms with Crippen molar-refractivity contribution < 1.29 is 13.2 Å². The molecule has 63 valence electrons. The van der Waals surface area contributed by atoms with Gasteiger partial charge >= 0.3 is 6.18 Å². The van der Waals surface area contributed by atoms with E-state index in [1.165, 1.54) is 0 Å². The van der Waals surface area contributed by atoms with E-state index in [2.05, 4.69) is 0 Å². The fraction of sp³-hybridized carbons (Fsp3) is 0.875. The fourth-order valence-corrected chi connectivity index (χ4v) is 2.35. The van der Waals surface area contributed by atoms with Gasteiger partial charge in [-0.05, 0) is 37.5 Å². The first-order valence-electron chi connectivity index (χ1n) is 3.97. The van der Waals surface area contributed by atoms with Crippen LogP contribution in [0.1, 0.15) is 25.7 Å². The van der Waals surface area contributed by atoms with Gasteiger partial charge in [0.05, 0.1) is 5.92 Å². The van der Waals surface area contributed by atoms with Gasteiger partial charge in [0.15, 0.2) is 0 Å². The van der Waals surface area contributed by atoms with E-state index in [1.807, 2.05) is 0 Å². The average molecular weight is 163 g/mol. The molecule has 2 aliphatic rings. The van der Waals surface area contributed by atoms with Crippen LogP contribution in [0.4, 0.5) is 13.2 Å². The van der Waals surface area contributed by atoms with Crippen LogP contribution >= 0.6 is 0 Å². The normalized spacial score (nSPS) is 38.5. The Hall–Kier alpha value is -0.210. The Morgan fingerprint density at radius 1 is 1.18 bits per heavy atom. The highest BCUT2D eigenvalue weighted by atomic mass is 19.4. The summed E-state index contributed by atoms with van der Waals surface area (Å²) in [5, 5.41) is 0. The van der Waals surface area contributed by atoms with E-state index >= 15 is 0 Å². The molecule has 2 rings (SSSR count). The van der Waals surface area contributed by atoms with Crippen LogP contribution in [0.2, 0.25) is 0 Å². The second-order valence-corrected chi connectivity index (χ2v) is 3.61. The van der Waals surface area contributed by atoms with Crippen molar-refractivity contribution in [1.29, 1.82) is 0 Å². The van der Waals surface area contributed by atoms with Crippen molar-refractivity contribution in [3.05, 3.63) is 5.92 Å². The maximum atomic E-state index is 12.2. The zero-order chi connectivity index (χ0) is 8.06. The minimum Gasteiger partial charge on any atom is -0.171 e. The van der Waals surface area contributed by atoms with E-state index in [1.54, 1.807) is 0 Å². The number of alkyl halides is 3. The summed E-state index contributed by atoms with van der Waals surface area (Å²) in [6, 6.07) is 0. The molecule has 0 aromatic heterocycles. The monoisotopic (exact) mass is 163 g/mol. The minimum atomic E-state index is -3.94. The van der Waals surface area contributed by atoms with Crippen LogP contribution in [0.15, 0.2) is 0 Å². The van der Waals surface area contributed by atoms with Crippen molar-refractivity contribution in [3.63, 3.8) is 0 Å².